The summed E-state index contributed by atoms with van der Waals surface area (Å²) in [6.07, 6.45) is 5.41. The second-order valence-corrected chi connectivity index (χ2v) is 6.03. The summed E-state index contributed by atoms with van der Waals surface area (Å²) in [6.45, 7) is 1.46. The lowest BCUT2D eigenvalue weighted by atomic mass is 10.1. The summed E-state index contributed by atoms with van der Waals surface area (Å²) in [5.41, 5.74) is 0.645. The van der Waals surface area contributed by atoms with E-state index in [0.717, 1.165) is 0 Å². The normalized spacial score (nSPS) is 16.6. The molecule has 1 fully saturated rings. The van der Waals surface area contributed by atoms with Crippen LogP contribution in [0.3, 0.4) is 0 Å². The van der Waals surface area contributed by atoms with E-state index in [9.17, 15) is 9.59 Å². The number of ether oxygens (including phenoxy) is 2. The van der Waals surface area contributed by atoms with Crippen molar-refractivity contribution in [3.8, 4) is 11.5 Å². The lowest BCUT2D eigenvalue weighted by Crippen LogP contribution is -2.34. The molecule has 2 aromatic rings. The first-order valence-electron chi connectivity index (χ1n) is 8.38. The van der Waals surface area contributed by atoms with Gasteiger partial charge in [0.2, 0.25) is 11.8 Å². The van der Waals surface area contributed by atoms with E-state index in [1.807, 2.05) is 10.8 Å². The molecule has 0 spiro atoms. The molecule has 1 atom stereocenters. The Morgan fingerprint density at radius 1 is 1.35 bits per heavy atom. The number of hydrogen-bond acceptors (Lipinski definition) is 5. The van der Waals surface area contributed by atoms with Crippen molar-refractivity contribution in [1.29, 1.82) is 0 Å². The zero-order valence-corrected chi connectivity index (χ0v) is 14.8. The molecule has 8 nitrogen and oxygen atoms in total. The van der Waals surface area contributed by atoms with Crippen molar-refractivity contribution < 1.29 is 19.1 Å². The van der Waals surface area contributed by atoms with Crippen molar-refractivity contribution in [3.05, 3.63) is 36.9 Å². The van der Waals surface area contributed by atoms with Crippen molar-refractivity contribution in [2.75, 3.05) is 32.2 Å². The Labute approximate surface area is 151 Å². The quantitative estimate of drug-likeness (QED) is 0.800. The van der Waals surface area contributed by atoms with Gasteiger partial charge in [0, 0.05) is 44.5 Å². The fraction of sp³-hybridized carbons (Fsp3) is 0.389. The maximum atomic E-state index is 12.4. The van der Waals surface area contributed by atoms with Crippen LogP contribution in [0.1, 0.15) is 6.42 Å². The van der Waals surface area contributed by atoms with Gasteiger partial charge >= 0.3 is 0 Å². The summed E-state index contributed by atoms with van der Waals surface area (Å²) >= 11 is 0. The maximum Gasteiger partial charge on any atom is 0.227 e. The minimum Gasteiger partial charge on any atom is -0.497 e. The van der Waals surface area contributed by atoms with Gasteiger partial charge in [0.1, 0.15) is 11.5 Å². The highest BCUT2D eigenvalue weighted by molar-refractivity contribution is 6.01. The van der Waals surface area contributed by atoms with E-state index in [1.165, 1.54) is 0 Å². The average molecular weight is 358 g/mol. The van der Waals surface area contributed by atoms with E-state index in [2.05, 4.69) is 10.3 Å². The second-order valence-electron chi connectivity index (χ2n) is 6.03. The van der Waals surface area contributed by atoms with Crippen molar-refractivity contribution >= 4 is 17.5 Å². The van der Waals surface area contributed by atoms with Gasteiger partial charge in [-0.3, -0.25) is 9.59 Å². The van der Waals surface area contributed by atoms with Gasteiger partial charge < -0.3 is 24.3 Å². The molecule has 26 heavy (non-hydrogen) atoms. The molecule has 0 radical (unpaired) electrons. The van der Waals surface area contributed by atoms with Gasteiger partial charge in [-0.25, -0.2) is 4.98 Å². The van der Waals surface area contributed by atoms with Crippen molar-refractivity contribution in [2.45, 2.75) is 13.0 Å². The average Bonchev–Trinajstić information content (AvgIpc) is 3.30. The number of methoxy groups -OCH3 is 2. The Bertz CT molecular complexity index is 776. The number of rotatable bonds is 7. The molecule has 1 saturated heterocycles. The van der Waals surface area contributed by atoms with Crippen LogP contribution < -0.4 is 19.7 Å². The molecule has 0 aliphatic carbocycles. The van der Waals surface area contributed by atoms with E-state index in [1.54, 1.807) is 49.8 Å². The molecule has 2 heterocycles. The fourth-order valence-corrected chi connectivity index (χ4v) is 3.00. The smallest absolute Gasteiger partial charge is 0.227 e. The monoisotopic (exact) mass is 358 g/mol. The standard InChI is InChI=1S/C18H22N4O4/c1-25-14-3-4-15(16(10-14)26-2)22-11-13(9-17(22)23)18(24)20-6-8-21-7-5-19-12-21/h3-5,7,10,12-13H,6,8-9,11H2,1-2H3,(H,20,24)/t13-/m1/s1. The molecule has 1 N–H and O–H groups in total. The number of imidazole rings is 1. The van der Waals surface area contributed by atoms with Crippen LogP contribution in [0.4, 0.5) is 5.69 Å². The number of carbonyl (C=O) groups is 2. The molecule has 8 heteroatoms. The maximum absolute atomic E-state index is 12.4. The third-order valence-electron chi connectivity index (χ3n) is 4.40. The number of amides is 2. The molecule has 2 amide bonds. The second kappa shape index (κ2) is 7.90. The Morgan fingerprint density at radius 2 is 2.19 bits per heavy atom. The van der Waals surface area contributed by atoms with Crippen LogP contribution in [0, 0.1) is 5.92 Å². The Balaban J connectivity index is 1.62. The van der Waals surface area contributed by atoms with E-state index >= 15 is 0 Å². The highest BCUT2D eigenvalue weighted by Crippen LogP contribution is 2.35. The van der Waals surface area contributed by atoms with Crippen molar-refractivity contribution in [3.63, 3.8) is 0 Å². The van der Waals surface area contributed by atoms with Crippen molar-refractivity contribution in [1.82, 2.24) is 14.9 Å². The van der Waals surface area contributed by atoms with Gasteiger partial charge in [-0.2, -0.15) is 0 Å². The summed E-state index contributed by atoms with van der Waals surface area (Å²) in [5.74, 6) is 0.596. The van der Waals surface area contributed by atoms with Crippen molar-refractivity contribution in [2.24, 2.45) is 5.92 Å². The van der Waals surface area contributed by atoms with Gasteiger partial charge in [0.25, 0.3) is 0 Å². The van der Waals surface area contributed by atoms with Gasteiger partial charge in [-0.15, -0.1) is 0 Å². The summed E-state index contributed by atoms with van der Waals surface area (Å²) in [6, 6.07) is 5.26. The van der Waals surface area contributed by atoms with Crippen LogP contribution in [0.5, 0.6) is 11.5 Å². The van der Waals surface area contributed by atoms with Crippen LogP contribution >= 0.6 is 0 Å². The summed E-state index contributed by atoms with van der Waals surface area (Å²) in [5, 5.41) is 2.88. The Morgan fingerprint density at radius 3 is 2.88 bits per heavy atom. The zero-order chi connectivity index (χ0) is 18.5. The molecular weight excluding hydrogens is 336 g/mol. The predicted octanol–water partition coefficient (Wildman–Crippen LogP) is 1.07. The molecule has 1 aromatic heterocycles. The van der Waals surface area contributed by atoms with E-state index in [-0.39, 0.29) is 24.2 Å². The van der Waals surface area contributed by atoms with Gasteiger partial charge in [-0.1, -0.05) is 0 Å². The molecule has 1 aromatic carbocycles. The SMILES string of the molecule is COc1ccc(N2C[C@H](C(=O)NCCn3ccnc3)CC2=O)c(OC)c1. The summed E-state index contributed by atoms with van der Waals surface area (Å²) in [7, 11) is 3.11. The first-order valence-corrected chi connectivity index (χ1v) is 8.38. The Hall–Kier alpha value is -3.03. The molecule has 1 aliphatic rings. The molecule has 0 unspecified atom stereocenters. The van der Waals surface area contributed by atoms with Gasteiger partial charge in [0.15, 0.2) is 0 Å². The highest BCUT2D eigenvalue weighted by atomic mass is 16.5. The molecule has 138 valence electrons. The van der Waals surface area contributed by atoms with E-state index in [0.29, 0.717) is 36.8 Å². The molecule has 0 bridgehead atoms. The topological polar surface area (TPSA) is 85.7 Å². The molecule has 0 saturated carbocycles. The van der Waals surface area contributed by atoms with E-state index in [4.69, 9.17) is 9.47 Å². The van der Waals surface area contributed by atoms with Crippen LogP contribution in [-0.2, 0) is 16.1 Å². The summed E-state index contributed by atoms with van der Waals surface area (Å²) in [4.78, 5) is 30.4. The van der Waals surface area contributed by atoms with Gasteiger partial charge in [0.05, 0.1) is 32.2 Å². The predicted molar refractivity (Wildman–Crippen MR) is 95.2 cm³/mol. The van der Waals surface area contributed by atoms with Crippen LogP contribution in [0.25, 0.3) is 0 Å². The number of hydrogen-bond donors (Lipinski definition) is 1. The van der Waals surface area contributed by atoms with Gasteiger partial charge in [-0.05, 0) is 12.1 Å². The third kappa shape index (κ3) is 3.79. The largest absolute Gasteiger partial charge is 0.497 e. The number of nitrogens with zero attached hydrogens (tertiary/aromatic N) is 3. The third-order valence-corrected chi connectivity index (χ3v) is 4.40. The van der Waals surface area contributed by atoms with Crippen LogP contribution in [-0.4, -0.2) is 48.7 Å². The summed E-state index contributed by atoms with van der Waals surface area (Å²) < 4.78 is 12.4. The number of carbonyl (C=O) groups excluding carboxylic acids is 2. The lowest BCUT2D eigenvalue weighted by molar-refractivity contribution is -0.126. The lowest BCUT2D eigenvalue weighted by Gasteiger charge is -2.20. The van der Waals surface area contributed by atoms with E-state index < -0.39 is 0 Å². The van der Waals surface area contributed by atoms with Crippen LogP contribution in [0.15, 0.2) is 36.9 Å². The molecule has 1 aliphatic heterocycles. The Kier molecular flexibility index (Phi) is 5.40. The fourth-order valence-electron chi connectivity index (χ4n) is 3.00. The first kappa shape index (κ1) is 17.8. The minimum absolute atomic E-state index is 0.0942. The highest BCUT2D eigenvalue weighted by Gasteiger charge is 2.36. The molecular formula is C18H22N4O4. The zero-order valence-electron chi connectivity index (χ0n) is 14.8. The number of aromatic nitrogens is 2. The first-order chi connectivity index (χ1) is 12.6. The molecule has 3 rings (SSSR count). The number of nitrogens with one attached hydrogen (secondary N) is 1. The van der Waals surface area contributed by atoms with Crippen LogP contribution in [0.2, 0.25) is 0 Å². The number of benzene rings is 1. The number of anilines is 1. The minimum atomic E-state index is -0.378.